The topological polar surface area (TPSA) is 84.9 Å². The number of ether oxygens (including phenoxy) is 2. The second-order valence-electron chi connectivity index (χ2n) is 8.61. The van der Waals surface area contributed by atoms with Crippen LogP contribution in [0.4, 0.5) is 5.69 Å². The number of sulfonamides is 1. The maximum Gasteiger partial charge on any atom is 0.241 e. The van der Waals surface area contributed by atoms with E-state index in [9.17, 15) is 13.2 Å². The van der Waals surface area contributed by atoms with Gasteiger partial charge in [0.25, 0.3) is 0 Å². The van der Waals surface area contributed by atoms with Crippen LogP contribution in [-0.2, 0) is 27.8 Å². The number of anilines is 1. The van der Waals surface area contributed by atoms with Gasteiger partial charge in [0, 0.05) is 0 Å². The first-order chi connectivity index (χ1) is 16.8. The summed E-state index contributed by atoms with van der Waals surface area (Å²) in [4.78, 5) is 12.9. The standard InChI is InChI=1S/C27H30N2O5S/c1-33-24-15-16-25-21(17-24)9-6-10-26(25)28-27(30)18-29(35(2,31)32)22-11-13-23(14-12-22)34-19-20-7-4-3-5-8-20/h3-5,7-8,11-17,26H,6,9-10,18-19H2,1-2H3,(H,28,30). The summed E-state index contributed by atoms with van der Waals surface area (Å²) in [6.45, 7) is 0.109. The van der Waals surface area contributed by atoms with Crippen molar-refractivity contribution in [3.05, 3.63) is 89.5 Å². The number of nitrogens with one attached hydrogen (secondary N) is 1. The fourth-order valence-electron chi connectivity index (χ4n) is 4.29. The Morgan fingerprint density at radius 2 is 1.74 bits per heavy atom. The minimum atomic E-state index is -3.68. The highest BCUT2D eigenvalue weighted by atomic mass is 32.2. The summed E-state index contributed by atoms with van der Waals surface area (Å²) >= 11 is 0. The number of hydrogen-bond acceptors (Lipinski definition) is 5. The van der Waals surface area contributed by atoms with Crippen LogP contribution in [0.25, 0.3) is 0 Å². The number of amides is 1. The van der Waals surface area contributed by atoms with Crippen molar-refractivity contribution in [2.75, 3.05) is 24.2 Å². The molecule has 0 aliphatic heterocycles. The molecule has 7 nitrogen and oxygen atoms in total. The molecular formula is C27H30N2O5S. The van der Waals surface area contributed by atoms with Gasteiger partial charge in [-0.3, -0.25) is 9.10 Å². The Bertz CT molecular complexity index is 1260. The number of carbonyl (C=O) groups is 1. The third-order valence-corrected chi connectivity index (χ3v) is 7.20. The lowest BCUT2D eigenvalue weighted by molar-refractivity contribution is -0.120. The molecule has 35 heavy (non-hydrogen) atoms. The summed E-state index contributed by atoms with van der Waals surface area (Å²) < 4.78 is 37.3. The van der Waals surface area contributed by atoms with Gasteiger partial charge in [0.05, 0.1) is 25.1 Å². The third kappa shape index (κ3) is 6.33. The Balaban J connectivity index is 1.43. The molecule has 1 amide bonds. The van der Waals surface area contributed by atoms with Crippen molar-refractivity contribution >= 4 is 21.6 Å². The Morgan fingerprint density at radius 3 is 2.43 bits per heavy atom. The number of carbonyl (C=O) groups excluding carboxylic acids is 1. The normalized spacial score (nSPS) is 15.1. The minimum absolute atomic E-state index is 0.160. The van der Waals surface area contributed by atoms with Crippen LogP contribution in [0.5, 0.6) is 11.5 Å². The van der Waals surface area contributed by atoms with E-state index in [1.807, 2.05) is 48.5 Å². The number of aryl methyl sites for hydroxylation is 1. The van der Waals surface area contributed by atoms with Crippen molar-refractivity contribution in [1.29, 1.82) is 0 Å². The van der Waals surface area contributed by atoms with Crippen LogP contribution in [0.15, 0.2) is 72.8 Å². The SMILES string of the molecule is COc1ccc2c(c1)CCCC2NC(=O)CN(c1ccc(OCc2ccccc2)cc1)S(C)(=O)=O. The van der Waals surface area contributed by atoms with E-state index in [2.05, 4.69) is 5.32 Å². The average Bonchev–Trinajstić information content (AvgIpc) is 2.86. The highest BCUT2D eigenvalue weighted by molar-refractivity contribution is 7.92. The second-order valence-corrected chi connectivity index (χ2v) is 10.5. The summed E-state index contributed by atoms with van der Waals surface area (Å²) in [5.74, 6) is 1.05. The molecule has 0 saturated heterocycles. The summed E-state index contributed by atoms with van der Waals surface area (Å²) in [7, 11) is -2.05. The fourth-order valence-corrected chi connectivity index (χ4v) is 5.14. The predicted octanol–water partition coefficient (Wildman–Crippen LogP) is 4.23. The monoisotopic (exact) mass is 494 g/mol. The van der Waals surface area contributed by atoms with Crippen LogP contribution in [0, 0.1) is 0 Å². The molecule has 1 N–H and O–H groups in total. The maximum absolute atomic E-state index is 12.9. The van der Waals surface area contributed by atoms with Crippen molar-refractivity contribution in [3.8, 4) is 11.5 Å². The molecule has 0 aromatic heterocycles. The molecule has 0 spiro atoms. The van der Waals surface area contributed by atoms with E-state index in [-0.39, 0.29) is 18.5 Å². The number of rotatable bonds is 9. The van der Waals surface area contributed by atoms with Gasteiger partial charge >= 0.3 is 0 Å². The van der Waals surface area contributed by atoms with E-state index in [1.54, 1.807) is 31.4 Å². The van der Waals surface area contributed by atoms with Gasteiger partial charge in [0.2, 0.25) is 15.9 Å². The number of hydrogen-bond donors (Lipinski definition) is 1. The van der Waals surface area contributed by atoms with Gasteiger partial charge in [-0.25, -0.2) is 8.42 Å². The zero-order valence-corrected chi connectivity index (χ0v) is 20.8. The molecule has 4 rings (SSSR count). The lowest BCUT2D eigenvalue weighted by atomic mass is 9.87. The van der Waals surface area contributed by atoms with Gasteiger partial charge in [-0.1, -0.05) is 36.4 Å². The highest BCUT2D eigenvalue weighted by Gasteiger charge is 2.25. The van der Waals surface area contributed by atoms with Gasteiger partial charge in [-0.05, 0) is 72.4 Å². The summed E-state index contributed by atoms with van der Waals surface area (Å²) in [6, 6.07) is 22.2. The zero-order chi connectivity index (χ0) is 24.8. The van der Waals surface area contributed by atoms with Crippen LogP contribution in [-0.4, -0.2) is 34.2 Å². The Morgan fingerprint density at radius 1 is 1.03 bits per heavy atom. The van der Waals surface area contributed by atoms with Gasteiger partial charge in [0.15, 0.2) is 0 Å². The van der Waals surface area contributed by atoms with Crippen LogP contribution in [0.3, 0.4) is 0 Å². The van der Waals surface area contributed by atoms with Gasteiger partial charge in [0.1, 0.15) is 24.7 Å². The lowest BCUT2D eigenvalue weighted by Gasteiger charge is -2.28. The van der Waals surface area contributed by atoms with E-state index in [1.165, 1.54) is 0 Å². The van der Waals surface area contributed by atoms with E-state index in [4.69, 9.17) is 9.47 Å². The summed E-state index contributed by atoms with van der Waals surface area (Å²) in [5.41, 5.74) is 3.64. The highest BCUT2D eigenvalue weighted by Crippen LogP contribution is 2.32. The summed E-state index contributed by atoms with van der Waals surface area (Å²) in [6.07, 6.45) is 3.76. The Kier molecular flexibility index (Phi) is 7.60. The number of benzene rings is 3. The minimum Gasteiger partial charge on any atom is -0.497 e. The molecule has 0 bridgehead atoms. The van der Waals surface area contributed by atoms with Crippen molar-refractivity contribution in [2.24, 2.45) is 0 Å². The zero-order valence-electron chi connectivity index (χ0n) is 19.9. The molecule has 0 fully saturated rings. The molecule has 1 unspecified atom stereocenters. The molecule has 0 saturated carbocycles. The fraction of sp³-hybridized carbons (Fsp3) is 0.296. The first-order valence-electron chi connectivity index (χ1n) is 11.5. The van der Waals surface area contributed by atoms with Crippen molar-refractivity contribution in [3.63, 3.8) is 0 Å². The van der Waals surface area contributed by atoms with Gasteiger partial charge in [-0.15, -0.1) is 0 Å². The van der Waals surface area contributed by atoms with Gasteiger partial charge < -0.3 is 14.8 Å². The number of methoxy groups -OCH3 is 1. The first-order valence-corrected chi connectivity index (χ1v) is 13.4. The third-order valence-electron chi connectivity index (χ3n) is 6.06. The van der Waals surface area contributed by atoms with E-state index >= 15 is 0 Å². The largest absolute Gasteiger partial charge is 0.497 e. The molecule has 1 aliphatic carbocycles. The average molecular weight is 495 g/mol. The Hall–Kier alpha value is -3.52. The van der Waals surface area contributed by atoms with E-state index in [0.29, 0.717) is 18.0 Å². The Labute approximate surface area is 206 Å². The van der Waals surface area contributed by atoms with E-state index < -0.39 is 10.0 Å². The van der Waals surface area contributed by atoms with Gasteiger partial charge in [-0.2, -0.15) is 0 Å². The molecule has 3 aromatic rings. The maximum atomic E-state index is 12.9. The van der Waals surface area contributed by atoms with E-state index in [0.717, 1.165) is 52.3 Å². The van der Waals surface area contributed by atoms with Crippen LogP contribution >= 0.6 is 0 Å². The molecule has 1 aliphatic rings. The molecule has 0 heterocycles. The molecule has 8 heteroatoms. The first kappa shape index (κ1) is 24.6. The molecule has 3 aromatic carbocycles. The predicted molar refractivity (Wildman–Crippen MR) is 136 cm³/mol. The number of nitrogens with zero attached hydrogens (tertiary/aromatic N) is 1. The van der Waals surface area contributed by atoms with Crippen LogP contribution in [0.1, 0.15) is 35.6 Å². The second kappa shape index (κ2) is 10.8. The van der Waals surface area contributed by atoms with Crippen LogP contribution in [0.2, 0.25) is 0 Å². The lowest BCUT2D eigenvalue weighted by Crippen LogP contribution is -2.42. The van der Waals surface area contributed by atoms with Crippen molar-refractivity contribution < 1.29 is 22.7 Å². The summed E-state index contributed by atoms with van der Waals surface area (Å²) in [5, 5.41) is 3.02. The van der Waals surface area contributed by atoms with Crippen LogP contribution < -0.4 is 19.1 Å². The smallest absolute Gasteiger partial charge is 0.241 e. The molecule has 0 radical (unpaired) electrons. The van der Waals surface area contributed by atoms with Crippen molar-refractivity contribution in [2.45, 2.75) is 31.9 Å². The molecule has 184 valence electrons. The molecule has 1 atom stereocenters. The quantitative estimate of drug-likeness (QED) is 0.481. The molecular weight excluding hydrogens is 464 g/mol. The van der Waals surface area contributed by atoms with Crippen molar-refractivity contribution in [1.82, 2.24) is 5.32 Å². The number of fused-ring (bicyclic) bond motifs is 1.